The summed E-state index contributed by atoms with van der Waals surface area (Å²) in [6.07, 6.45) is -1.15. The molecule has 0 radical (unpaired) electrons. The highest BCUT2D eigenvalue weighted by Gasteiger charge is 2.37. The van der Waals surface area contributed by atoms with Crippen LogP contribution in [0, 0.1) is 0 Å². The number of esters is 2. The second-order valence-electron chi connectivity index (χ2n) is 3.52. The molecule has 9 nitrogen and oxygen atoms in total. The normalized spacial score (nSPS) is 18.0. The standard InChI is InChI=1S/C10H14N2O7/c1-18-8(15)6(13)11-4-3-5-12(10(11)17)7(14)9(16)19-2/h3-4,6-7,13-14H,5H2,1-2H3. The highest BCUT2D eigenvalue weighted by molar-refractivity contribution is 5.87. The first kappa shape index (κ1) is 14.9. The lowest BCUT2D eigenvalue weighted by Gasteiger charge is -2.34. The lowest BCUT2D eigenvalue weighted by atomic mass is 10.3. The van der Waals surface area contributed by atoms with Gasteiger partial charge in [0.05, 0.1) is 14.2 Å². The first-order chi connectivity index (χ1) is 8.93. The van der Waals surface area contributed by atoms with Crippen molar-refractivity contribution in [2.24, 2.45) is 0 Å². The Hall–Kier alpha value is -2.13. The Balaban J connectivity index is 2.87. The van der Waals surface area contributed by atoms with Crippen LogP contribution in [0.2, 0.25) is 0 Å². The molecule has 1 rings (SSSR count). The Morgan fingerprint density at radius 2 is 1.74 bits per heavy atom. The fourth-order valence-electron chi connectivity index (χ4n) is 1.41. The molecule has 19 heavy (non-hydrogen) atoms. The van der Waals surface area contributed by atoms with E-state index in [-0.39, 0.29) is 6.54 Å². The van der Waals surface area contributed by atoms with Crippen molar-refractivity contribution in [1.82, 2.24) is 9.80 Å². The third-order valence-electron chi connectivity index (χ3n) is 2.42. The summed E-state index contributed by atoms with van der Waals surface area (Å²) in [7, 11) is 2.10. The lowest BCUT2D eigenvalue weighted by molar-refractivity contribution is -0.161. The highest BCUT2D eigenvalue weighted by Crippen LogP contribution is 2.13. The summed E-state index contributed by atoms with van der Waals surface area (Å²) in [5.41, 5.74) is 0. The molecule has 0 saturated carbocycles. The van der Waals surface area contributed by atoms with Crippen LogP contribution < -0.4 is 0 Å². The molecule has 1 aliphatic rings. The number of amides is 2. The maximum Gasteiger partial charge on any atom is 0.356 e. The van der Waals surface area contributed by atoms with Gasteiger partial charge in [0.25, 0.3) is 0 Å². The number of aliphatic hydroxyl groups excluding tert-OH is 2. The van der Waals surface area contributed by atoms with Crippen molar-refractivity contribution in [2.75, 3.05) is 20.8 Å². The Labute approximate surface area is 108 Å². The molecule has 2 unspecified atom stereocenters. The van der Waals surface area contributed by atoms with Gasteiger partial charge in [0.1, 0.15) is 0 Å². The SMILES string of the molecule is COC(=O)C(O)N1C=CCN(C(O)C(=O)OC)C1=O. The van der Waals surface area contributed by atoms with Gasteiger partial charge < -0.3 is 19.7 Å². The maximum absolute atomic E-state index is 11.9. The van der Waals surface area contributed by atoms with E-state index < -0.39 is 30.4 Å². The third kappa shape index (κ3) is 3.01. The lowest BCUT2D eigenvalue weighted by Crippen LogP contribution is -2.56. The number of ether oxygens (including phenoxy) is 2. The minimum Gasteiger partial charge on any atom is -0.466 e. The summed E-state index contributed by atoms with van der Waals surface area (Å²) >= 11 is 0. The average molecular weight is 274 g/mol. The molecule has 2 atom stereocenters. The maximum atomic E-state index is 11.9. The van der Waals surface area contributed by atoms with Gasteiger partial charge >= 0.3 is 18.0 Å². The van der Waals surface area contributed by atoms with Crippen molar-refractivity contribution in [2.45, 2.75) is 12.5 Å². The Kier molecular flexibility index (Phi) is 4.84. The molecule has 0 aromatic heterocycles. The molecule has 0 spiro atoms. The summed E-state index contributed by atoms with van der Waals surface area (Å²) in [6.45, 7) is -0.0699. The first-order valence-corrected chi connectivity index (χ1v) is 5.21. The van der Waals surface area contributed by atoms with Gasteiger partial charge in [-0.25, -0.2) is 14.4 Å². The zero-order valence-electron chi connectivity index (χ0n) is 10.3. The topological polar surface area (TPSA) is 117 Å². The highest BCUT2D eigenvalue weighted by atomic mass is 16.5. The van der Waals surface area contributed by atoms with Gasteiger partial charge in [0.2, 0.25) is 12.5 Å². The zero-order chi connectivity index (χ0) is 14.6. The summed E-state index contributed by atoms with van der Waals surface area (Å²) in [4.78, 5) is 35.6. The van der Waals surface area contributed by atoms with Crippen molar-refractivity contribution >= 4 is 18.0 Å². The van der Waals surface area contributed by atoms with Gasteiger partial charge in [-0.05, 0) is 6.08 Å². The molecule has 0 aliphatic carbocycles. The van der Waals surface area contributed by atoms with E-state index in [0.717, 1.165) is 25.3 Å². The average Bonchev–Trinajstić information content (AvgIpc) is 2.44. The number of urea groups is 1. The number of nitrogens with zero attached hydrogens (tertiary/aromatic N) is 2. The summed E-state index contributed by atoms with van der Waals surface area (Å²) in [5.74, 6) is -2.08. The van der Waals surface area contributed by atoms with E-state index in [9.17, 15) is 24.6 Å². The fourth-order valence-corrected chi connectivity index (χ4v) is 1.41. The summed E-state index contributed by atoms with van der Waals surface area (Å²) in [5, 5.41) is 19.1. The van der Waals surface area contributed by atoms with E-state index in [1.54, 1.807) is 0 Å². The van der Waals surface area contributed by atoms with Gasteiger partial charge in [-0.2, -0.15) is 0 Å². The molecule has 0 aromatic carbocycles. The summed E-state index contributed by atoms with van der Waals surface area (Å²) < 4.78 is 8.59. The Bertz CT molecular complexity index is 409. The van der Waals surface area contributed by atoms with E-state index in [2.05, 4.69) is 9.47 Å². The number of carbonyl (C=O) groups excluding carboxylic acids is 3. The van der Waals surface area contributed by atoms with Crippen molar-refractivity contribution in [3.63, 3.8) is 0 Å². The molecule has 0 aromatic rings. The van der Waals surface area contributed by atoms with E-state index in [1.165, 1.54) is 6.08 Å². The van der Waals surface area contributed by atoms with Crippen LogP contribution in [-0.2, 0) is 19.1 Å². The molecule has 2 amide bonds. The fraction of sp³-hybridized carbons (Fsp3) is 0.500. The molecule has 0 bridgehead atoms. The van der Waals surface area contributed by atoms with Gasteiger partial charge in [-0.1, -0.05) is 0 Å². The monoisotopic (exact) mass is 274 g/mol. The van der Waals surface area contributed by atoms with Crippen LogP contribution in [0.5, 0.6) is 0 Å². The molecule has 106 valence electrons. The molecule has 1 heterocycles. The Morgan fingerprint density at radius 1 is 1.21 bits per heavy atom. The smallest absolute Gasteiger partial charge is 0.356 e. The van der Waals surface area contributed by atoms with Crippen LogP contribution in [0.15, 0.2) is 12.3 Å². The van der Waals surface area contributed by atoms with Gasteiger partial charge in [-0.15, -0.1) is 0 Å². The van der Waals surface area contributed by atoms with Crippen molar-refractivity contribution < 1.29 is 34.1 Å². The largest absolute Gasteiger partial charge is 0.466 e. The zero-order valence-corrected chi connectivity index (χ0v) is 10.3. The van der Waals surface area contributed by atoms with Crippen LogP contribution in [0.25, 0.3) is 0 Å². The van der Waals surface area contributed by atoms with E-state index in [0.29, 0.717) is 4.90 Å². The van der Waals surface area contributed by atoms with Crippen LogP contribution in [0.1, 0.15) is 0 Å². The van der Waals surface area contributed by atoms with Gasteiger partial charge in [-0.3, -0.25) is 9.80 Å². The van der Waals surface area contributed by atoms with Crippen LogP contribution in [-0.4, -0.2) is 71.2 Å². The molecule has 1 aliphatic heterocycles. The van der Waals surface area contributed by atoms with E-state index in [4.69, 9.17) is 0 Å². The molecule has 2 N–H and O–H groups in total. The predicted octanol–water partition coefficient (Wildman–Crippen LogP) is -1.78. The number of carbonyl (C=O) groups is 3. The van der Waals surface area contributed by atoms with E-state index in [1.807, 2.05) is 0 Å². The predicted molar refractivity (Wildman–Crippen MR) is 59.1 cm³/mol. The molecular formula is C10H14N2O7. The molecule has 0 saturated heterocycles. The summed E-state index contributed by atoms with van der Waals surface area (Å²) in [6, 6.07) is -0.932. The second-order valence-corrected chi connectivity index (χ2v) is 3.52. The number of aliphatic hydroxyl groups is 2. The van der Waals surface area contributed by atoms with Gasteiger partial charge in [0, 0.05) is 12.7 Å². The van der Waals surface area contributed by atoms with Crippen molar-refractivity contribution in [1.29, 1.82) is 0 Å². The number of methoxy groups -OCH3 is 2. The molecule has 0 fully saturated rings. The second kappa shape index (κ2) is 6.16. The minimum atomic E-state index is -1.86. The number of hydrogen-bond acceptors (Lipinski definition) is 7. The third-order valence-corrected chi connectivity index (χ3v) is 2.42. The van der Waals surface area contributed by atoms with Gasteiger partial charge in [0.15, 0.2) is 0 Å². The van der Waals surface area contributed by atoms with Crippen LogP contribution in [0.3, 0.4) is 0 Å². The minimum absolute atomic E-state index is 0.0699. The van der Waals surface area contributed by atoms with Crippen molar-refractivity contribution in [3.05, 3.63) is 12.3 Å². The van der Waals surface area contributed by atoms with E-state index >= 15 is 0 Å². The van der Waals surface area contributed by atoms with Crippen molar-refractivity contribution in [3.8, 4) is 0 Å². The number of hydrogen-bond donors (Lipinski definition) is 2. The number of rotatable bonds is 4. The van der Waals surface area contributed by atoms with Crippen LogP contribution >= 0.6 is 0 Å². The first-order valence-electron chi connectivity index (χ1n) is 5.21. The molecular weight excluding hydrogens is 260 g/mol. The Morgan fingerprint density at radius 3 is 2.26 bits per heavy atom. The molecule has 9 heteroatoms. The quantitative estimate of drug-likeness (QED) is 0.582. The van der Waals surface area contributed by atoms with Crippen LogP contribution in [0.4, 0.5) is 4.79 Å².